The molecule has 0 heterocycles. The second-order valence-electron chi connectivity index (χ2n) is 7.58. The molecule has 1 aromatic carbocycles. The number of hydrogen-bond acceptors (Lipinski definition) is 3. The van der Waals surface area contributed by atoms with Gasteiger partial charge in [0.05, 0.1) is 0 Å². The minimum Gasteiger partial charge on any atom is -0.489 e. The number of benzene rings is 1. The van der Waals surface area contributed by atoms with Crippen molar-refractivity contribution in [3.63, 3.8) is 0 Å². The van der Waals surface area contributed by atoms with Gasteiger partial charge >= 0.3 is 0 Å². The minimum atomic E-state index is -0.903. The molecule has 27 heavy (non-hydrogen) atoms. The van der Waals surface area contributed by atoms with Gasteiger partial charge in [-0.1, -0.05) is 35.4 Å². The Morgan fingerprint density at radius 2 is 1.89 bits per heavy atom. The largest absolute Gasteiger partial charge is 0.489 e. The van der Waals surface area contributed by atoms with Crippen LogP contribution in [0, 0.1) is 0 Å². The summed E-state index contributed by atoms with van der Waals surface area (Å²) in [5.41, 5.74) is 10.3. The van der Waals surface area contributed by atoms with Crippen molar-refractivity contribution in [2.45, 2.75) is 59.4 Å². The first kappa shape index (κ1) is 21.2. The van der Waals surface area contributed by atoms with Crippen LogP contribution in [0.15, 0.2) is 59.2 Å². The Kier molecular flexibility index (Phi) is 7.66. The summed E-state index contributed by atoms with van der Waals surface area (Å²) < 4.78 is 19.9. The number of anilines is 1. The zero-order chi connectivity index (χ0) is 20.0. The summed E-state index contributed by atoms with van der Waals surface area (Å²) in [5, 5.41) is 0. The van der Waals surface area contributed by atoms with Gasteiger partial charge in [-0.05, 0) is 58.7 Å². The Morgan fingerprint density at radius 1 is 1.15 bits per heavy atom. The van der Waals surface area contributed by atoms with Crippen LogP contribution < -0.4 is 10.5 Å². The molecule has 0 aromatic heterocycles. The van der Waals surface area contributed by atoms with E-state index in [1.165, 1.54) is 16.7 Å². The van der Waals surface area contributed by atoms with Gasteiger partial charge in [0.25, 0.3) is 0 Å². The van der Waals surface area contributed by atoms with Crippen molar-refractivity contribution >= 4 is 5.69 Å². The summed E-state index contributed by atoms with van der Waals surface area (Å²) in [7, 11) is 0. The van der Waals surface area contributed by atoms with Gasteiger partial charge in [0.2, 0.25) is 0 Å². The highest BCUT2D eigenvalue weighted by molar-refractivity contribution is 5.44. The molecular weight excluding hydrogens is 339 g/mol. The molecule has 1 aromatic rings. The molecule has 2 rings (SSSR count). The van der Waals surface area contributed by atoms with Gasteiger partial charge in [-0.3, -0.25) is 4.90 Å². The fourth-order valence-corrected chi connectivity index (χ4v) is 3.51. The van der Waals surface area contributed by atoms with E-state index in [2.05, 4.69) is 43.9 Å². The first-order chi connectivity index (χ1) is 12.8. The van der Waals surface area contributed by atoms with Crippen molar-refractivity contribution in [3.8, 4) is 5.75 Å². The summed E-state index contributed by atoms with van der Waals surface area (Å²) in [6, 6.07) is 7.53. The van der Waals surface area contributed by atoms with Crippen LogP contribution in [0.25, 0.3) is 0 Å². The highest BCUT2D eigenvalue weighted by atomic mass is 19.1. The fourth-order valence-electron chi connectivity index (χ4n) is 3.51. The maximum absolute atomic E-state index is 13.9. The summed E-state index contributed by atoms with van der Waals surface area (Å²) in [5.74, 6) is 0.743. The lowest BCUT2D eigenvalue weighted by Crippen LogP contribution is -2.43. The normalized spacial score (nSPS) is 18.1. The average Bonchev–Trinajstić information content (AvgIpc) is 2.74. The summed E-state index contributed by atoms with van der Waals surface area (Å²) >= 11 is 0. The molecule has 2 N–H and O–H groups in total. The highest BCUT2D eigenvalue weighted by Gasteiger charge is 2.24. The zero-order valence-corrected chi connectivity index (χ0v) is 17.2. The second kappa shape index (κ2) is 9.75. The third-order valence-corrected chi connectivity index (χ3v) is 4.87. The average molecular weight is 373 g/mol. The van der Waals surface area contributed by atoms with E-state index < -0.39 is 6.17 Å². The number of nitrogens with zero attached hydrogens (tertiary/aromatic N) is 1. The third kappa shape index (κ3) is 6.55. The van der Waals surface area contributed by atoms with Crippen LogP contribution in [0.1, 0.15) is 41.0 Å². The van der Waals surface area contributed by atoms with E-state index in [-0.39, 0.29) is 12.1 Å². The van der Waals surface area contributed by atoms with E-state index in [9.17, 15) is 4.39 Å². The third-order valence-electron chi connectivity index (χ3n) is 4.87. The maximum Gasteiger partial charge on any atom is 0.121 e. The van der Waals surface area contributed by atoms with E-state index in [1.807, 2.05) is 31.2 Å². The van der Waals surface area contributed by atoms with Crippen molar-refractivity contribution in [3.05, 3.63) is 59.2 Å². The van der Waals surface area contributed by atoms with Gasteiger partial charge in [0.1, 0.15) is 18.0 Å². The Balaban J connectivity index is 2.15. The Bertz CT molecular complexity index is 721. The molecule has 1 aliphatic carbocycles. The molecule has 0 saturated carbocycles. The minimum absolute atomic E-state index is 0.0831. The molecule has 0 aliphatic heterocycles. The zero-order valence-electron chi connectivity index (χ0n) is 17.2. The van der Waals surface area contributed by atoms with Gasteiger partial charge in [-0.25, -0.2) is 4.39 Å². The Labute approximate surface area is 163 Å². The van der Waals surface area contributed by atoms with E-state index in [4.69, 9.17) is 10.5 Å². The van der Waals surface area contributed by atoms with Crippen LogP contribution >= 0.6 is 0 Å². The van der Waals surface area contributed by atoms with Gasteiger partial charge in [-0.15, -0.1) is 0 Å². The van der Waals surface area contributed by atoms with E-state index in [0.717, 1.165) is 12.2 Å². The number of rotatable bonds is 8. The molecule has 3 nitrogen and oxygen atoms in total. The molecule has 148 valence electrons. The topological polar surface area (TPSA) is 38.5 Å². The number of ether oxygens (including phenoxy) is 1. The number of nitrogen functional groups attached to an aromatic ring is 1. The lowest BCUT2D eigenvalue weighted by molar-refractivity contribution is 0.108. The molecule has 3 atom stereocenters. The maximum atomic E-state index is 13.9. The second-order valence-corrected chi connectivity index (χ2v) is 7.58. The first-order valence-electron chi connectivity index (χ1n) is 9.72. The van der Waals surface area contributed by atoms with Crippen molar-refractivity contribution in [2.75, 3.05) is 18.8 Å². The Hall–Kier alpha value is -2.07. The van der Waals surface area contributed by atoms with Crippen molar-refractivity contribution in [1.82, 2.24) is 4.90 Å². The number of nitrogens with two attached hydrogens (primary N) is 1. The summed E-state index contributed by atoms with van der Waals surface area (Å²) in [6.45, 7) is 11.0. The SMILES string of the molecule is CC1=CCC=C(C)C(C(C)N(CC(C)F)CC(C)Oc2cccc(N)c2)=C1. The quantitative estimate of drug-likeness (QED) is 0.629. The van der Waals surface area contributed by atoms with Crippen LogP contribution in [0.2, 0.25) is 0 Å². The van der Waals surface area contributed by atoms with Crippen LogP contribution in [0.4, 0.5) is 10.1 Å². The van der Waals surface area contributed by atoms with E-state index >= 15 is 0 Å². The molecule has 0 fully saturated rings. The molecule has 0 bridgehead atoms. The van der Waals surface area contributed by atoms with Crippen molar-refractivity contribution < 1.29 is 9.13 Å². The molecule has 4 heteroatoms. The summed E-state index contributed by atoms with van der Waals surface area (Å²) in [4.78, 5) is 2.17. The fraction of sp³-hybridized carbons (Fsp3) is 0.478. The molecule has 3 unspecified atom stereocenters. The Morgan fingerprint density at radius 3 is 2.56 bits per heavy atom. The van der Waals surface area contributed by atoms with Crippen LogP contribution in [-0.4, -0.2) is 36.3 Å². The molecule has 0 amide bonds. The van der Waals surface area contributed by atoms with Gasteiger partial charge < -0.3 is 10.5 Å². The van der Waals surface area contributed by atoms with Crippen LogP contribution in [0.3, 0.4) is 0 Å². The monoisotopic (exact) mass is 372 g/mol. The van der Waals surface area contributed by atoms with Crippen LogP contribution in [-0.2, 0) is 0 Å². The smallest absolute Gasteiger partial charge is 0.121 e. The lowest BCUT2D eigenvalue weighted by atomic mass is 9.97. The molecule has 0 spiro atoms. The number of alkyl halides is 1. The molecule has 0 radical (unpaired) electrons. The predicted molar refractivity (Wildman–Crippen MR) is 113 cm³/mol. The standard InChI is InChI=1S/C23H33FN2O/c1-16-8-6-9-17(2)23(12-16)20(5)26(14-18(3)24)15-19(4)27-22-11-7-10-21(25)13-22/h7-13,18-20H,6,14-15,25H2,1-5H3. The molecule has 0 saturated heterocycles. The number of hydrogen-bond donors (Lipinski definition) is 1. The van der Waals surface area contributed by atoms with Gasteiger partial charge in [0.15, 0.2) is 0 Å². The van der Waals surface area contributed by atoms with E-state index in [0.29, 0.717) is 18.8 Å². The summed E-state index contributed by atoms with van der Waals surface area (Å²) in [6.07, 6.45) is 6.64. The van der Waals surface area contributed by atoms with E-state index in [1.54, 1.807) is 6.92 Å². The van der Waals surface area contributed by atoms with Crippen molar-refractivity contribution in [2.24, 2.45) is 0 Å². The molecule has 1 aliphatic rings. The number of allylic oxidation sites excluding steroid dienone is 4. The first-order valence-corrected chi connectivity index (χ1v) is 9.72. The van der Waals surface area contributed by atoms with Crippen LogP contribution in [0.5, 0.6) is 5.75 Å². The highest BCUT2D eigenvalue weighted by Crippen LogP contribution is 2.25. The molecular formula is C23H33FN2O. The number of halogens is 1. The predicted octanol–water partition coefficient (Wildman–Crippen LogP) is 5.31. The van der Waals surface area contributed by atoms with Gasteiger partial charge in [-0.2, -0.15) is 0 Å². The van der Waals surface area contributed by atoms with Crippen molar-refractivity contribution in [1.29, 1.82) is 0 Å². The van der Waals surface area contributed by atoms with Gasteiger partial charge in [0, 0.05) is 30.9 Å². The lowest BCUT2D eigenvalue weighted by Gasteiger charge is -2.34.